The summed E-state index contributed by atoms with van der Waals surface area (Å²) in [5.41, 5.74) is 0.811. The van der Waals surface area contributed by atoms with Crippen LogP contribution in [0.3, 0.4) is 0 Å². The van der Waals surface area contributed by atoms with Crippen molar-refractivity contribution in [2.24, 2.45) is 0 Å². The molecule has 0 radical (unpaired) electrons. The van der Waals surface area contributed by atoms with Gasteiger partial charge in [-0.25, -0.2) is 4.39 Å². The van der Waals surface area contributed by atoms with Crippen molar-refractivity contribution in [3.8, 4) is 0 Å². The normalized spacial score (nSPS) is 13.4. The van der Waals surface area contributed by atoms with Crippen molar-refractivity contribution >= 4 is 0 Å². The van der Waals surface area contributed by atoms with Crippen LogP contribution in [0.4, 0.5) is 17.6 Å². The molecule has 0 aliphatic heterocycles. The molecule has 0 heterocycles. The quantitative estimate of drug-likeness (QED) is 0.697. The fraction of sp³-hybridized carbons (Fsp3) is 0.600. The zero-order chi connectivity index (χ0) is 15.0. The number of benzene rings is 1. The molecule has 1 N–H and O–H groups in total. The Hall–Kier alpha value is -1.10. The molecule has 114 valence electrons. The SMILES string of the molecule is CCCNC(CCCC(F)(F)F)Cc1cccc(F)c1. The van der Waals surface area contributed by atoms with E-state index in [1.165, 1.54) is 12.1 Å². The lowest BCUT2D eigenvalue weighted by molar-refractivity contribution is -0.135. The predicted octanol–water partition coefficient (Wildman–Crippen LogP) is 4.47. The monoisotopic (exact) mass is 291 g/mol. The van der Waals surface area contributed by atoms with Crippen LogP contribution in [0, 0.1) is 5.82 Å². The second-order valence-electron chi connectivity index (χ2n) is 4.99. The molecule has 1 atom stereocenters. The van der Waals surface area contributed by atoms with Gasteiger partial charge in [-0.15, -0.1) is 0 Å². The molecular formula is C15H21F4N. The Morgan fingerprint density at radius 2 is 2.00 bits per heavy atom. The summed E-state index contributed by atoms with van der Waals surface area (Å²) >= 11 is 0. The maximum absolute atomic E-state index is 13.1. The first-order chi connectivity index (χ1) is 9.40. The summed E-state index contributed by atoms with van der Waals surface area (Å²) in [5, 5.41) is 3.23. The number of halogens is 4. The fourth-order valence-corrected chi connectivity index (χ4v) is 2.12. The molecule has 0 aliphatic carbocycles. The average molecular weight is 291 g/mol. The van der Waals surface area contributed by atoms with Gasteiger partial charge in [0, 0.05) is 12.5 Å². The molecule has 0 amide bonds. The van der Waals surface area contributed by atoms with Gasteiger partial charge in [-0.2, -0.15) is 13.2 Å². The second kappa shape index (κ2) is 8.25. The standard InChI is InChI=1S/C15H21F4N/c1-2-9-20-14(7-4-8-15(17,18)19)11-12-5-3-6-13(16)10-12/h3,5-6,10,14,20H,2,4,7-9,11H2,1H3. The number of rotatable bonds is 8. The lowest BCUT2D eigenvalue weighted by atomic mass is 10.0. The number of nitrogens with one attached hydrogen (secondary N) is 1. The summed E-state index contributed by atoms with van der Waals surface area (Å²) in [7, 11) is 0. The largest absolute Gasteiger partial charge is 0.389 e. The highest BCUT2D eigenvalue weighted by atomic mass is 19.4. The maximum Gasteiger partial charge on any atom is 0.389 e. The van der Waals surface area contributed by atoms with Gasteiger partial charge in [-0.3, -0.25) is 0 Å². The van der Waals surface area contributed by atoms with E-state index in [0.29, 0.717) is 12.8 Å². The Morgan fingerprint density at radius 3 is 2.60 bits per heavy atom. The summed E-state index contributed by atoms with van der Waals surface area (Å²) in [6, 6.07) is 6.18. The predicted molar refractivity (Wildman–Crippen MR) is 72.1 cm³/mol. The molecule has 0 saturated heterocycles. The van der Waals surface area contributed by atoms with Gasteiger partial charge in [0.15, 0.2) is 0 Å². The zero-order valence-corrected chi connectivity index (χ0v) is 11.6. The van der Waals surface area contributed by atoms with Crippen molar-refractivity contribution in [1.82, 2.24) is 5.32 Å². The summed E-state index contributed by atoms with van der Waals surface area (Å²) in [6.45, 7) is 2.76. The Kier molecular flexibility index (Phi) is 6.99. The van der Waals surface area contributed by atoms with Crippen LogP contribution in [0.5, 0.6) is 0 Å². The van der Waals surface area contributed by atoms with E-state index >= 15 is 0 Å². The van der Waals surface area contributed by atoms with Crippen LogP contribution >= 0.6 is 0 Å². The van der Waals surface area contributed by atoms with E-state index in [0.717, 1.165) is 18.5 Å². The molecule has 1 aromatic rings. The van der Waals surface area contributed by atoms with Crippen molar-refractivity contribution in [1.29, 1.82) is 0 Å². The minimum absolute atomic E-state index is 0.0425. The van der Waals surface area contributed by atoms with Crippen LogP contribution in [-0.4, -0.2) is 18.8 Å². The third kappa shape index (κ3) is 7.48. The molecule has 1 rings (SSSR count). The summed E-state index contributed by atoms with van der Waals surface area (Å²) in [6.07, 6.45) is -2.86. The van der Waals surface area contributed by atoms with Crippen molar-refractivity contribution in [2.75, 3.05) is 6.54 Å². The Morgan fingerprint density at radius 1 is 1.25 bits per heavy atom. The van der Waals surface area contributed by atoms with Gasteiger partial charge in [0.2, 0.25) is 0 Å². The molecule has 20 heavy (non-hydrogen) atoms. The van der Waals surface area contributed by atoms with Crippen molar-refractivity contribution in [3.05, 3.63) is 35.6 Å². The fourth-order valence-electron chi connectivity index (χ4n) is 2.12. The van der Waals surface area contributed by atoms with Crippen LogP contribution in [-0.2, 0) is 6.42 Å². The van der Waals surface area contributed by atoms with E-state index in [9.17, 15) is 17.6 Å². The zero-order valence-electron chi connectivity index (χ0n) is 11.6. The highest BCUT2D eigenvalue weighted by molar-refractivity contribution is 5.17. The van der Waals surface area contributed by atoms with Crippen molar-refractivity contribution in [2.45, 2.75) is 51.2 Å². The minimum atomic E-state index is -4.10. The molecule has 5 heteroatoms. The number of alkyl halides is 3. The third-order valence-electron chi connectivity index (χ3n) is 3.07. The molecular weight excluding hydrogens is 270 g/mol. The molecule has 0 spiro atoms. The van der Waals surface area contributed by atoms with Crippen LogP contribution in [0.2, 0.25) is 0 Å². The molecule has 0 saturated carbocycles. The molecule has 0 bridgehead atoms. The second-order valence-corrected chi connectivity index (χ2v) is 4.99. The number of hydrogen-bond acceptors (Lipinski definition) is 1. The van der Waals surface area contributed by atoms with Gasteiger partial charge in [0.05, 0.1) is 0 Å². The smallest absolute Gasteiger partial charge is 0.314 e. The van der Waals surface area contributed by atoms with E-state index in [4.69, 9.17) is 0 Å². The molecule has 1 unspecified atom stereocenters. The Labute approximate surface area is 117 Å². The van der Waals surface area contributed by atoms with Gasteiger partial charge in [0.25, 0.3) is 0 Å². The Balaban J connectivity index is 2.50. The molecule has 0 fully saturated rings. The van der Waals surface area contributed by atoms with E-state index in [1.54, 1.807) is 12.1 Å². The highest BCUT2D eigenvalue weighted by Crippen LogP contribution is 2.23. The summed E-state index contributed by atoms with van der Waals surface area (Å²) < 4.78 is 49.6. The van der Waals surface area contributed by atoms with Crippen LogP contribution < -0.4 is 5.32 Å². The lowest BCUT2D eigenvalue weighted by Crippen LogP contribution is -2.32. The first-order valence-corrected chi connectivity index (χ1v) is 6.95. The molecule has 1 aromatic carbocycles. The van der Waals surface area contributed by atoms with Crippen molar-refractivity contribution < 1.29 is 17.6 Å². The summed E-state index contributed by atoms with van der Waals surface area (Å²) in [5.74, 6) is -0.313. The van der Waals surface area contributed by atoms with Gasteiger partial charge >= 0.3 is 6.18 Å². The van der Waals surface area contributed by atoms with E-state index in [-0.39, 0.29) is 18.3 Å². The third-order valence-corrected chi connectivity index (χ3v) is 3.07. The molecule has 1 nitrogen and oxygen atoms in total. The Bertz CT molecular complexity index is 390. The molecule has 0 aromatic heterocycles. The van der Waals surface area contributed by atoms with Crippen LogP contribution in [0.1, 0.15) is 38.2 Å². The van der Waals surface area contributed by atoms with Gasteiger partial charge in [0.1, 0.15) is 5.82 Å². The minimum Gasteiger partial charge on any atom is -0.314 e. The highest BCUT2D eigenvalue weighted by Gasteiger charge is 2.26. The van der Waals surface area contributed by atoms with E-state index in [1.807, 2.05) is 6.92 Å². The van der Waals surface area contributed by atoms with E-state index < -0.39 is 12.6 Å². The van der Waals surface area contributed by atoms with Gasteiger partial charge in [-0.05, 0) is 49.9 Å². The first kappa shape index (κ1) is 17.0. The topological polar surface area (TPSA) is 12.0 Å². The maximum atomic E-state index is 13.1. The van der Waals surface area contributed by atoms with Crippen molar-refractivity contribution in [3.63, 3.8) is 0 Å². The van der Waals surface area contributed by atoms with E-state index in [2.05, 4.69) is 5.32 Å². The summed E-state index contributed by atoms with van der Waals surface area (Å²) in [4.78, 5) is 0. The van der Waals surface area contributed by atoms with Gasteiger partial charge < -0.3 is 5.32 Å². The van der Waals surface area contributed by atoms with Crippen LogP contribution in [0.15, 0.2) is 24.3 Å². The molecule has 0 aliphatic rings. The van der Waals surface area contributed by atoms with Crippen LogP contribution in [0.25, 0.3) is 0 Å². The van der Waals surface area contributed by atoms with Gasteiger partial charge in [-0.1, -0.05) is 19.1 Å². The average Bonchev–Trinajstić information content (AvgIpc) is 2.34. The lowest BCUT2D eigenvalue weighted by Gasteiger charge is -2.19. The number of hydrogen-bond donors (Lipinski definition) is 1. The first-order valence-electron chi connectivity index (χ1n) is 6.95.